The topological polar surface area (TPSA) is 66.3 Å². The summed E-state index contributed by atoms with van der Waals surface area (Å²) in [5.41, 5.74) is 12.1. The first kappa shape index (κ1) is 34.6. The van der Waals surface area contributed by atoms with E-state index >= 15 is 0 Å². The molecule has 0 saturated heterocycles. The Morgan fingerprint density at radius 1 is 0.279 bits per heavy atom. The van der Waals surface area contributed by atoms with E-state index in [2.05, 4.69) is 159 Å². The van der Waals surface area contributed by atoms with Gasteiger partial charge in [-0.05, 0) is 54.6 Å². The number of benzene rings is 8. The fourth-order valence-corrected chi connectivity index (χ4v) is 8.75. The van der Waals surface area contributed by atoms with Crippen LogP contribution in [0.15, 0.2) is 212 Å². The number of hydrogen-bond donors (Lipinski definition) is 0. The van der Waals surface area contributed by atoms with Crippen molar-refractivity contribution in [2.45, 2.75) is 0 Å². The second-order valence-corrected chi connectivity index (χ2v) is 15.1. The molecule has 0 fully saturated rings. The van der Waals surface area contributed by atoms with Gasteiger partial charge in [0, 0.05) is 55.5 Å². The molecule has 7 heteroatoms. The number of rotatable bonds is 7. The monoisotopic (exact) mass is 781 g/mol. The summed E-state index contributed by atoms with van der Waals surface area (Å²) in [7, 11) is 0. The molecule has 12 rings (SSSR count). The lowest BCUT2D eigenvalue weighted by Gasteiger charge is -2.12. The van der Waals surface area contributed by atoms with Crippen LogP contribution in [0.25, 0.3) is 106 Å². The molecule has 0 bridgehead atoms. The number of nitrogens with zero attached hydrogens (tertiary/aromatic N) is 7. The van der Waals surface area contributed by atoms with Crippen LogP contribution in [0.4, 0.5) is 0 Å². The third-order valence-corrected chi connectivity index (χ3v) is 11.5. The highest BCUT2D eigenvalue weighted by Gasteiger charge is 2.25. The summed E-state index contributed by atoms with van der Waals surface area (Å²) in [6.07, 6.45) is 0. The predicted molar refractivity (Wildman–Crippen MR) is 247 cm³/mol. The van der Waals surface area contributed by atoms with Gasteiger partial charge in [0.2, 0.25) is 0 Å². The lowest BCUT2D eigenvalue weighted by Crippen LogP contribution is -2.01. The average molecular weight is 782 g/mol. The average Bonchev–Trinajstić information content (AvgIpc) is 3.99. The molecule has 0 aliphatic rings. The summed E-state index contributed by atoms with van der Waals surface area (Å²) in [6, 6.07) is 73.7. The molecule has 0 atom stereocenters. The van der Waals surface area contributed by atoms with E-state index < -0.39 is 0 Å². The highest BCUT2D eigenvalue weighted by Crippen LogP contribution is 2.42. The van der Waals surface area contributed by atoms with E-state index in [4.69, 9.17) is 19.9 Å². The van der Waals surface area contributed by atoms with E-state index in [-0.39, 0.29) is 0 Å². The zero-order chi connectivity index (χ0) is 40.3. The molecule has 0 aliphatic carbocycles. The SMILES string of the molecule is c1ccc(-c2nc(-c3ccccc3)nc(-c3cccc(-n4c5ccccc5c5cc6c(cc54)c4c(nc(-c5ccccc5)n4-c4ccccc4)n6-c4ccccc4)c3)n2)cc1. The van der Waals surface area contributed by atoms with Gasteiger partial charge in [-0.15, -0.1) is 0 Å². The van der Waals surface area contributed by atoms with Crippen LogP contribution in [0.5, 0.6) is 0 Å². The van der Waals surface area contributed by atoms with Crippen molar-refractivity contribution >= 4 is 43.9 Å². The summed E-state index contributed by atoms with van der Waals surface area (Å²) in [4.78, 5) is 20.6. The Kier molecular flexibility index (Phi) is 8.03. The van der Waals surface area contributed by atoms with Crippen LogP contribution in [-0.2, 0) is 0 Å². The minimum atomic E-state index is 0.611. The molecule has 0 saturated carbocycles. The molecular formula is C54H35N7. The Morgan fingerprint density at radius 3 is 1.36 bits per heavy atom. The maximum Gasteiger partial charge on any atom is 0.165 e. The summed E-state index contributed by atoms with van der Waals surface area (Å²) < 4.78 is 7.01. The van der Waals surface area contributed by atoms with Gasteiger partial charge in [0.05, 0.1) is 16.6 Å². The normalized spacial score (nSPS) is 11.6. The first-order chi connectivity index (χ1) is 30.3. The zero-order valence-electron chi connectivity index (χ0n) is 32.8. The number of hydrogen-bond acceptors (Lipinski definition) is 4. The minimum absolute atomic E-state index is 0.611. The van der Waals surface area contributed by atoms with E-state index in [1.807, 2.05) is 66.7 Å². The zero-order valence-corrected chi connectivity index (χ0v) is 32.8. The third kappa shape index (κ3) is 5.74. The van der Waals surface area contributed by atoms with E-state index in [0.717, 1.165) is 89.0 Å². The molecule has 0 amide bonds. The van der Waals surface area contributed by atoms with Gasteiger partial charge in [0.25, 0.3) is 0 Å². The van der Waals surface area contributed by atoms with Crippen LogP contribution in [0, 0.1) is 0 Å². The molecule has 8 aromatic carbocycles. The largest absolute Gasteiger partial charge is 0.309 e. The van der Waals surface area contributed by atoms with Crippen molar-refractivity contribution in [1.29, 1.82) is 0 Å². The van der Waals surface area contributed by atoms with Crippen LogP contribution in [0.1, 0.15) is 0 Å². The second kappa shape index (κ2) is 14.1. The Bertz CT molecular complexity index is 3500. The Hall–Kier alpha value is -8.42. The first-order valence-corrected chi connectivity index (χ1v) is 20.4. The van der Waals surface area contributed by atoms with Gasteiger partial charge in [-0.2, -0.15) is 0 Å². The number of para-hydroxylation sites is 3. The summed E-state index contributed by atoms with van der Waals surface area (Å²) in [5, 5.41) is 3.41. The maximum absolute atomic E-state index is 5.49. The van der Waals surface area contributed by atoms with Crippen molar-refractivity contribution in [3.05, 3.63) is 212 Å². The summed E-state index contributed by atoms with van der Waals surface area (Å²) >= 11 is 0. The van der Waals surface area contributed by atoms with Crippen molar-refractivity contribution in [2.75, 3.05) is 0 Å². The third-order valence-electron chi connectivity index (χ3n) is 11.5. The molecule has 4 heterocycles. The Morgan fingerprint density at radius 2 is 0.738 bits per heavy atom. The standard InChI is InChI=1S/C54H35N7/c1-6-19-36(20-7-1)50-55-51(37-21-8-2-9-22-37)57-52(56-50)39-25-18-30-42(33-39)59-46-32-17-16-31-43(46)44-34-48-45(35-47(44)59)49-54(60(48)40-26-12-4-13-27-40)58-53(38-23-10-3-11-24-38)61(49)41-28-14-5-15-29-41/h1-35H. The molecule has 0 aliphatic heterocycles. The predicted octanol–water partition coefficient (Wildman–Crippen LogP) is 12.9. The molecule has 61 heavy (non-hydrogen) atoms. The van der Waals surface area contributed by atoms with Crippen LogP contribution in [0.2, 0.25) is 0 Å². The van der Waals surface area contributed by atoms with Crippen LogP contribution < -0.4 is 0 Å². The van der Waals surface area contributed by atoms with E-state index in [1.54, 1.807) is 0 Å². The fourth-order valence-electron chi connectivity index (χ4n) is 8.75. The maximum atomic E-state index is 5.49. The molecule has 0 N–H and O–H groups in total. The van der Waals surface area contributed by atoms with Crippen molar-refractivity contribution in [3.63, 3.8) is 0 Å². The minimum Gasteiger partial charge on any atom is -0.309 e. The van der Waals surface area contributed by atoms with Crippen molar-refractivity contribution in [1.82, 2.24) is 33.6 Å². The molecule has 7 nitrogen and oxygen atoms in total. The van der Waals surface area contributed by atoms with Gasteiger partial charge in [0.1, 0.15) is 11.3 Å². The highest BCUT2D eigenvalue weighted by atomic mass is 15.2. The molecule has 0 unspecified atom stereocenters. The van der Waals surface area contributed by atoms with Crippen molar-refractivity contribution < 1.29 is 0 Å². The quantitative estimate of drug-likeness (QED) is 0.161. The lowest BCUT2D eigenvalue weighted by molar-refractivity contribution is 1.07. The molecule has 4 aromatic heterocycles. The molecular weight excluding hydrogens is 747 g/mol. The number of fused-ring (bicyclic) bond motifs is 6. The van der Waals surface area contributed by atoms with Crippen LogP contribution >= 0.6 is 0 Å². The van der Waals surface area contributed by atoms with Gasteiger partial charge >= 0.3 is 0 Å². The van der Waals surface area contributed by atoms with Gasteiger partial charge in [-0.1, -0.05) is 158 Å². The lowest BCUT2D eigenvalue weighted by atomic mass is 10.1. The Balaban J connectivity index is 1.14. The van der Waals surface area contributed by atoms with Gasteiger partial charge in [-0.25, -0.2) is 19.9 Å². The van der Waals surface area contributed by atoms with Crippen molar-refractivity contribution in [3.8, 4) is 62.6 Å². The molecule has 12 aromatic rings. The second-order valence-electron chi connectivity index (χ2n) is 15.1. The summed E-state index contributed by atoms with van der Waals surface area (Å²) in [5.74, 6) is 2.76. The smallest absolute Gasteiger partial charge is 0.165 e. The first-order valence-electron chi connectivity index (χ1n) is 20.4. The fraction of sp³-hybridized carbons (Fsp3) is 0. The van der Waals surface area contributed by atoms with E-state index in [0.29, 0.717) is 17.5 Å². The van der Waals surface area contributed by atoms with Gasteiger partial charge in [0.15, 0.2) is 23.1 Å². The van der Waals surface area contributed by atoms with E-state index in [9.17, 15) is 0 Å². The van der Waals surface area contributed by atoms with Gasteiger partial charge < -0.3 is 4.57 Å². The van der Waals surface area contributed by atoms with E-state index in [1.165, 1.54) is 0 Å². The molecule has 286 valence electrons. The Labute approximate surface area is 351 Å². The van der Waals surface area contributed by atoms with Crippen LogP contribution in [0.3, 0.4) is 0 Å². The van der Waals surface area contributed by atoms with Gasteiger partial charge in [-0.3, -0.25) is 9.13 Å². The summed E-state index contributed by atoms with van der Waals surface area (Å²) in [6.45, 7) is 0. The molecule has 0 radical (unpaired) electrons. The van der Waals surface area contributed by atoms with Crippen molar-refractivity contribution in [2.24, 2.45) is 0 Å². The highest BCUT2D eigenvalue weighted by molar-refractivity contribution is 6.18. The molecule has 0 spiro atoms. The van der Waals surface area contributed by atoms with Crippen LogP contribution in [-0.4, -0.2) is 33.6 Å². The number of aromatic nitrogens is 7. The number of imidazole rings is 1.